The van der Waals surface area contributed by atoms with Crippen LogP contribution in [-0.4, -0.2) is 52.3 Å². The summed E-state index contributed by atoms with van der Waals surface area (Å²) >= 11 is 5.81. The standard InChI is InChI=1S/C29H29ClFN3O4/c30-22-11-9-19(23(31)15-22)10-12-28(37)34-17-21(18-5-2-1-3-6-18)14-25(34)29(38)33-24(27(36)16-32)13-20-7-4-8-26(20)35/h1-3,5-6,9-12,15,20-21,24-25,27,36H,4,7-8,13-14,17H2,(H,33,38)/b12-10+. The molecule has 1 aliphatic carbocycles. The molecule has 7 nitrogen and oxygen atoms in total. The van der Waals surface area contributed by atoms with E-state index in [4.69, 9.17) is 11.6 Å². The number of nitrogens with one attached hydrogen (secondary N) is 1. The largest absolute Gasteiger partial charge is 0.376 e. The van der Waals surface area contributed by atoms with E-state index in [1.54, 1.807) is 6.07 Å². The second-order valence-corrected chi connectivity index (χ2v) is 10.3. The van der Waals surface area contributed by atoms with Crippen LogP contribution in [0.3, 0.4) is 0 Å². The van der Waals surface area contributed by atoms with Crippen LogP contribution >= 0.6 is 11.6 Å². The Hall–Kier alpha value is -3.54. The molecule has 38 heavy (non-hydrogen) atoms. The SMILES string of the molecule is N#CC(O)C(CC1CCCC1=O)NC(=O)C1CC(c2ccccc2)CN1C(=O)/C=C/c1ccc(Cl)cc1F. The zero-order valence-corrected chi connectivity index (χ0v) is 21.5. The lowest BCUT2D eigenvalue weighted by Crippen LogP contribution is -2.52. The highest BCUT2D eigenvalue weighted by molar-refractivity contribution is 6.30. The second-order valence-electron chi connectivity index (χ2n) is 9.83. The number of likely N-dealkylation sites (tertiary alicyclic amines) is 1. The van der Waals surface area contributed by atoms with Gasteiger partial charge in [0, 0.05) is 41.5 Å². The van der Waals surface area contributed by atoms with Crippen LogP contribution in [0.5, 0.6) is 0 Å². The molecule has 0 spiro atoms. The van der Waals surface area contributed by atoms with E-state index in [0.29, 0.717) is 19.3 Å². The summed E-state index contributed by atoms with van der Waals surface area (Å²) in [4.78, 5) is 40.3. The Morgan fingerprint density at radius 1 is 1.26 bits per heavy atom. The molecule has 2 aromatic carbocycles. The maximum Gasteiger partial charge on any atom is 0.247 e. The lowest BCUT2D eigenvalue weighted by atomic mass is 9.93. The number of aliphatic hydroxyl groups excluding tert-OH is 1. The Balaban J connectivity index is 1.55. The first-order chi connectivity index (χ1) is 18.3. The molecule has 0 aromatic heterocycles. The Labute approximate surface area is 225 Å². The minimum atomic E-state index is -1.49. The predicted molar refractivity (Wildman–Crippen MR) is 140 cm³/mol. The van der Waals surface area contributed by atoms with Crippen LogP contribution in [0, 0.1) is 23.1 Å². The van der Waals surface area contributed by atoms with Gasteiger partial charge in [0.15, 0.2) is 6.10 Å². The van der Waals surface area contributed by atoms with Crippen molar-refractivity contribution in [2.45, 2.75) is 56.2 Å². The van der Waals surface area contributed by atoms with Crippen molar-refractivity contribution in [3.63, 3.8) is 0 Å². The fraction of sp³-hybridized carbons (Fsp3) is 0.379. The van der Waals surface area contributed by atoms with Crippen LogP contribution in [0.15, 0.2) is 54.6 Å². The summed E-state index contributed by atoms with van der Waals surface area (Å²) in [6, 6.07) is 13.6. The molecular formula is C29H29ClFN3O4. The van der Waals surface area contributed by atoms with Gasteiger partial charge in [-0.1, -0.05) is 48.0 Å². The van der Waals surface area contributed by atoms with Crippen LogP contribution in [0.2, 0.25) is 5.02 Å². The molecule has 9 heteroatoms. The van der Waals surface area contributed by atoms with Crippen LogP contribution in [0.4, 0.5) is 4.39 Å². The molecule has 0 radical (unpaired) electrons. The molecule has 5 atom stereocenters. The van der Waals surface area contributed by atoms with E-state index in [2.05, 4.69) is 5.32 Å². The second kappa shape index (κ2) is 12.3. The molecular weight excluding hydrogens is 509 g/mol. The number of hydrogen-bond acceptors (Lipinski definition) is 5. The highest BCUT2D eigenvalue weighted by Gasteiger charge is 2.41. The number of nitrogens with zero attached hydrogens (tertiary/aromatic N) is 2. The molecule has 2 fully saturated rings. The van der Waals surface area contributed by atoms with E-state index < -0.39 is 35.8 Å². The van der Waals surface area contributed by atoms with Crippen molar-refractivity contribution < 1.29 is 23.9 Å². The number of carbonyl (C=O) groups is 3. The number of amides is 2. The van der Waals surface area contributed by atoms with Crippen LogP contribution in [-0.2, 0) is 14.4 Å². The van der Waals surface area contributed by atoms with Crippen LogP contribution < -0.4 is 5.32 Å². The number of rotatable bonds is 8. The summed E-state index contributed by atoms with van der Waals surface area (Å²) < 4.78 is 14.2. The molecule has 1 saturated heterocycles. The Morgan fingerprint density at radius 3 is 2.68 bits per heavy atom. The molecule has 2 N–H and O–H groups in total. The first kappa shape index (κ1) is 27.5. The molecule has 1 heterocycles. The fourth-order valence-electron chi connectivity index (χ4n) is 5.27. The zero-order valence-electron chi connectivity index (χ0n) is 20.7. The fourth-order valence-corrected chi connectivity index (χ4v) is 5.43. The van der Waals surface area contributed by atoms with Crippen molar-refractivity contribution >= 4 is 35.3 Å². The van der Waals surface area contributed by atoms with Crippen LogP contribution in [0.1, 0.15) is 49.1 Å². The Kier molecular flexibility index (Phi) is 8.93. The van der Waals surface area contributed by atoms with Gasteiger partial charge in [0.05, 0.1) is 12.1 Å². The summed E-state index contributed by atoms with van der Waals surface area (Å²) in [7, 11) is 0. The number of halogens is 2. The van der Waals surface area contributed by atoms with Gasteiger partial charge in [-0.2, -0.15) is 5.26 Å². The Morgan fingerprint density at radius 2 is 2.03 bits per heavy atom. The van der Waals surface area contributed by atoms with Gasteiger partial charge in [-0.3, -0.25) is 14.4 Å². The number of hydrogen-bond donors (Lipinski definition) is 2. The van der Waals surface area contributed by atoms with Gasteiger partial charge in [0.1, 0.15) is 17.6 Å². The van der Waals surface area contributed by atoms with Crippen molar-refractivity contribution in [3.8, 4) is 6.07 Å². The van der Waals surface area contributed by atoms with Gasteiger partial charge in [-0.05, 0) is 49.5 Å². The predicted octanol–water partition coefficient (Wildman–Crippen LogP) is 4.01. The topological polar surface area (TPSA) is 110 Å². The van der Waals surface area contributed by atoms with Crippen molar-refractivity contribution in [2.24, 2.45) is 5.92 Å². The zero-order chi connectivity index (χ0) is 27.2. The number of aliphatic hydroxyl groups is 1. The summed E-state index contributed by atoms with van der Waals surface area (Å²) in [6.07, 6.45) is 3.43. The molecule has 2 amide bonds. The molecule has 4 rings (SSSR count). The van der Waals surface area contributed by atoms with Gasteiger partial charge in [0.2, 0.25) is 11.8 Å². The average Bonchev–Trinajstić information content (AvgIpc) is 3.54. The van der Waals surface area contributed by atoms with E-state index in [-0.39, 0.29) is 41.2 Å². The van der Waals surface area contributed by atoms with Gasteiger partial charge in [-0.25, -0.2) is 4.39 Å². The van der Waals surface area contributed by atoms with E-state index >= 15 is 0 Å². The lowest BCUT2D eigenvalue weighted by molar-refractivity contribution is -0.135. The van der Waals surface area contributed by atoms with Crippen LogP contribution in [0.25, 0.3) is 6.08 Å². The number of carbonyl (C=O) groups excluding carboxylic acids is 3. The Bertz CT molecular complexity index is 1260. The highest BCUT2D eigenvalue weighted by Crippen LogP contribution is 2.33. The first-order valence-corrected chi connectivity index (χ1v) is 13.0. The summed E-state index contributed by atoms with van der Waals surface area (Å²) in [5.74, 6) is -1.93. The van der Waals surface area contributed by atoms with Gasteiger partial charge >= 0.3 is 0 Å². The maximum absolute atomic E-state index is 14.2. The number of ketones is 1. The van der Waals surface area contributed by atoms with E-state index in [0.717, 1.165) is 18.1 Å². The number of Topliss-reactive ketones (excluding diaryl/α,β-unsaturated/α-hetero) is 1. The summed E-state index contributed by atoms with van der Waals surface area (Å²) in [6.45, 7) is 0.265. The average molecular weight is 538 g/mol. The van der Waals surface area contributed by atoms with E-state index in [9.17, 15) is 29.1 Å². The molecule has 0 bridgehead atoms. The van der Waals surface area contributed by atoms with Crippen molar-refractivity contribution in [2.75, 3.05) is 6.54 Å². The number of nitriles is 1. The third-order valence-electron chi connectivity index (χ3n) is 7.34. The normalized spacial score (nSPS) is 22.8. The molecule has 5 unspecified atom stereocenters. The maximum atomic E-state index is 14.2. The first-order valence-electron chi connectivity index (χ1n) is 12.7. The molecule has 2 aliphatic rings. The van der Waals surface area contributed by atoms with E-state index in [1.165, 1.54) is 29.2 Å². The van der Waals surface area contributed by atoms with Gasteiger partial charge < -0.3 is 15.3 Å². The van der Waals surface area contributed by atoms with Crippen molar-refractivity contribution in [1.82, 2.24) is 10.2 Å². The van der Waals surface area contributed by atoms with Crippen molar-refractivity contribution in [1.29, 1.82) is 5.26 Å². The van der Waals surface area contributed by atoms with Crippen molar-refractivity contribution in [3.05, 3.63) is 76.6 Å². The number of benzene rings is 2. The third kappa shape index (κ3) is 6.47. The summed E-state index contributed by atoms with van der Waals surface area (Å²) in [5, 5.41) is 22.6. The third-order valence-corrected chi connectivity index (χ3v) is 7.57. The molecule has 1 aliphatic heterocycles. The highest BCUT2D eigenvalue weighted by atomic mass is 35.5. The molecule has 198 valence electrons. The monoisotopic (exact) mass is 537 g/mol. The van der Waals surface area contributed by atoms with E-state index in [1.807, 2.05) is 30.3 Å². The summed E-state index contributed by atoms with van der Waals surface area (Å²) in [5.41, 5.74) is 1.15. The lowest BCUT2D eigenvalue weighted by Gasteiger charge is -2.27. The van der Waals surface area contributed by atoms with Gasteiger partial charge in [-0.15, -0.1) is 0 Å². The molecule has 1 saturated carbocycles. The quantitative estimate of drug-likeness (QED) is 0.390. The molecule has 2 aromatic rings. The smallest absolute Gasteiger partial charge is 0.247 e. The minimum Gasteiger partial charge on any atom is -0.376 e. The van der Waals surface area contributed by atoms with Gasteiger partial charge in [0.25, 0.3) is 0 Å². The minimum absolute atomic E-state index is 0.0655.